The van der Waals surface area contributed by atoms with Gasteiger partial charge in [0.05, 0.1) is 11.9 Å². The van der Waals surface area contributed by atoms with Gasteiger partial charge in [-0.25, -0.2) is 14.6 Å². The Morgan fingerprint density at radius 1 is 1.07 bits per heavy atom. The fourth-order valence-electron chi connectivity index (χ4n) is 3.19. The average molecular weight is 413 g/mol. The molecule has 150 valence electrons. The smallest absolute Gasteiger partial charge is 0.263 e. The lowest BCUT2D eigenvalue weighted by Crippen LogP contribution is -2.52. The molecule has 1 aliphatic heterocycles. The van der Waals surface area contributed by atoms with E-state index in [1.54, 1.807) is 41.2 Å². The zero-order chi connectivity index (χ0) is 20.2. The second kappa shape index (κ2) is 8.48. The number of aromatic nitrogens is 4. The SMILES string of the molecule is CC(Oc1nn(-c2ccccc2)cc1Cl)C(=O)N1CCN(c2ncccn2)CC1. The minimum Gasteiger partial charge on any atom is -0.462 e. The Bertz CT molecular complexity index is 958. The van der Waals surface area contributed by atoms with Crippen LogP contribution < -0.4 is 9.64 Å². The van der Waals surface area contributed by atoms with Gasteiger partial charge < -0.3 is 14.5 Å². The summed E-state index contributed by atoms with van der Waals surface area (Å²) in [5.41, 5.74) is 0.863. The summed E-state index contributed by atoms with van der Waals surface area (Å²) in [6.45, 7) is 4.22. The van der Waals surface area contributed by atoms with Crippen LogP contribution in [-0.2, 0) is 4.79 Å². The average Bonchev–Trinajstić information content (AvgIpc) is 3.14. The van der Waals surface area contributed by atoms with Crippen molar-refractivity contribution in [1.29, 1.82) is 0 Å². The molecule has 1 fully saturated rings. The molecule has 0 N–H and O–H groups in total. The van der Waals surface area contributed by atoms with Gasteiger partial charge in [-0.15, -0.1) is 5.10 Å². The van der Waals surface area contributed by atoms with Crippen LogP contribution in [0, 0.1) is 0 Å². The van der Waals surface area contributed by atoms with Gasteiger partial charge in [-0.05, 0) is 25.1 Å². The van der Waals surface area contributed by atoms with Crippen LogP contribution in [0.3, 0.4) is 0 Å². The Morgan fingerprint density at radius 3 is 2.45 bits per heavy atom. The number of benzene rings is 1. The third-order valence-electron chi connectivity index (χ3n) is 4.72. The molecular weight excluding hydrogens is 392 g/mol. The van der Waals surface area contributed by atoms with Crippen molar-refractivity contribution in [2.45, 2.75) is 13.0 Å². The number of carbonyl (C=O) groups is 1. The predicted octanol–water partition coefficient (Wildman–Crippen LogP) is 2.43. The fraction of sp³-hybridized carbons (Fsp3) is 0.300. The normalized spacial score (nSPS) is 15.2. The Morgan fingerprint density at radius 2 is 1.76 bits per heavy atom. The second-order valence-electron chi connectivity index (χ2n) is 6.68. The molecule has 9 heteroatoms. The second-order valence-corrected chi connectivity index (χ2v) is 7.09. The van der Waals surface area contributed by atoms with Crippen LogP contribution in [0.4, 0.5) is 5.95 Å². The van der Waals surface area contributed by atoms with E-state index in [1.807, 2.05) is 30.3 Å². The molecule has 0 radical (unpaired) electrons. The highest BCUT2D eigenvalue weighted by molar-refractivity contribution is 6.31. The summed E-state index contributed by atoms with van der Waals surface area (Å²) in [7, 11) is 0. The van der Waals surface area contributed by atoms with Gasteiger partial charge in [-0.1, -0.05) is 29.8 Å². The highest BCUT2D eigenvalue weighted by Gasteiger charge is 2.28. The number of halogens is 1. The van der Waals surface area contributed by atoms with Crippen LogP contribution in [0.25, 0.3) is 5.69 Å². The summed E-state index contributed by atoms with van der Waals surface area (Å²) < 4.78 is 7.41. The molecule has 1 aliphatic rings. The van der Waals surface area contributed by atoms with Crippen LogP contribution in [0.15, 0.2) is 55.0 Å². The Kier molecular flexibility index (Phi) is 5.62. The molecule has 29 heavy (non-hydrogen) atoms. The molecule has 0 bridgehead atoms. The van der Waals surface area contributed by atoms with E-state index in [-0.39, 0.29) is 11.8 Å². The topological polar surface area (TPSA) is 76.4 Å². The van der Waals surface area contributed by atoms with Crippen LogP contribution in [0.1, 0.15) is 6.92 Å². The molecule has 3 heterocycles. The van der Waals surface area contributed by atoms with Gasteiger partial charge >= 0.3 is 0 Å². The Labute approximate surface area is 173 Å². The first-order valence-electron chi connectivity index (χ1n) is 9.40. The van der Waals surface area contributed by atoms with Crippen molar-refractivity contribution in [3.05, 3.63) is 60.0 Å². The summed E-state index contributed by atoms with van der Waals surface area (Å²) in [5.74, 6) is 0.832. The molecule has 1 atom stereocenters. The van der Waals surface area contributed by atoms with Crippen molar-refractivity contribution in [2.24, 2.45) is 0 Å². The predicted molar refractivity (Wildman–Crippen MR) is 109 cm³/mol. The number of ether oxygens (including phenoxy) is 1. The number of nitrogens with zero attached hydrogens (tertiary/aromatic N) is 6. The summed E-state index contributed by atoms with van der Waals surface area (Å²) in [5, 5.41) is 4.73. The van der Waals surface area contributed by atoms with E-state index in [9.17, 15) is 4.79 Å². The lowest BCUT2D eigenvalue weighted by Gasteiger charge is -2.35. The van der Waals surface area contributed by atoms with Crippen molar-refractivity contribution in [1.82, 2.24) is 24.6 Å². The first-order chi connectivity index (χ1) is 14.1. The van der Waals surface area contributed by atoms with Crippen molar-refractivity contribution < 1.29 is 9.53 Å². The van der Waals surface area contributed by atoms with Gasteiger partial charge in [-0.2, -0.15) is 0 Å². The lowest BCUT2D eigenvalue weighted by molar-refractivity contribution is -0.138. The maximum Gasteiger partial charge on any atom is 0.263 e. The minimum atomic E-state index is -0.689. The summed E-state index contributed by atoms with van der Waals surface area (Å²) >= 11 is 6.26. The monoisotopic (exact) mass is 412 g/mol. The Balaban J connectivity index is 1.36. The van der Waals surface area contributed by atoms with Crippen molar-refractivity contribution >= 4 is 23.5 Å². The van der Waals surface area contributed by atoms with E-state index in [2.05, 4.69) is 20.0 Å². The molecule has 0 saturated carbocycles. The molecule has 3 aromatic rings. The third-order valence-corrected chi connectivity index (χ3v) is 4.98. The fourth-order valence-corrected chi connectivity index (χ4v) is 3.36. The van der Waals surface area contributed by atoms with E-state index >= 15 is 0 Å². The van der Waals surface area contributed by atoms with Gasteiger partial charge in [-0.3, -0.25) is 4.79 Å². The number of rotatable bonds is 5. The van der Waals surface area contributed by atoms with Crippen LogP contribution in [0.2, 0.25) is 5.02 Å². The summed E-state index contributed by atoms with van der Waals surface area (Å²) in [6.07, 6.45) is 4.41. The van der Waals surface area contributed by atoms with E-state index in [4.69, 9.17) is 16.3 Å². The van der Waals surface area contributed by atoms with Gasteiger partial charge in [0, 0.05) is 38.6 Å². The molecule has 0 aliphatic carbocycles. The van der Waals surface area contributed by atoms with Gasteiger partial charge in [0.1, 0.15) is 5.02 Å². The van der Waals surface area contributed by atoms with Crippen LogP contribution in [0.5, 0.6) is 5.88 Å². The minimum absolute atomic E-state index is 0.0936. The lowest BCUT2D eigenvalue weighted by atomic mass is 10.2. The molecule has 8 nitrogen and oxygen atoms in total. The number of piperazine rings is 1. The molecule has 1 aromatic carbocycles. The van der Waals surface area contributed by atoms with E-state index < -0.39 is 6.10 Å². The van der Waals surface area contributed by atoms with E-state index in [0.717, 1.165) is 5.69 Å². The zero-order valence-electron chi connectivity index (χ0n) is 16.0. The first kappa shape index (κ1) is 19.2. The Hall–Kier alpha value is -3.13. The van der Waals surface area contributed by atoms with Crippen molar-refractivity contribution in [3.63, 3.8) is 0 Å². The highest BCUT2D eigenvalue weighted by atomic mass is 35.5. The summed E-state index contributed by atoms with van der Waals surface area (Å²) in [6, 6.07) is 11.4. The largest absolute Gasteiger partial charge is 0.462 e. The van der Waals surface area contributed by atoms with E-state index in [0.29, 0.717) is 37.1 Å². The number of amides is 1. The maximum atomic E-state index is 12.8. The number of hydrogen-bond donors (Lipinski definition) is 0. The molecule has 0 spiro atoms. The molecular formula is C20H21ClN6O2. The standard InChI is InChI=1S/C20H21ClN6O2/c1-15(29-18-17(21)14-27(24-18)16-6-3-2-4-7-16)19(28)25-10-12-26(13-11-25)20-22-8-5-9-23-20/h2-9,14-15H,10-13H2,1H3. The molecule has 1 saturated heterocycles. The molecule has 1 unspecified atom stereocenters. The van der Waals surface area contributed by atoms with Crippen LogP contribution >= 0.6 is 11.6 Å². The number of anilines is 1. The number of para-hydroxylation sites is 1. The van der Waals surface area contributed by atoms with Gasteiger partial charge in [0.15, 0.2) is 6.10 Å². The number of hydrogen-bond acceptors (Lipinski definition) is 6. The van der Waals surface area contributed by atoms with E-state index in [1.165, 1.54) is 0 Å². The molecule has 2 aromatic heterocycles. The number of carbonyl (C=O) groups excluding carboxylic acids is 1. The quantitative estimate of drug-likeness (QED) is 0.640. The maximum absolute atomic E-state index is 12.8. The van der Waals surface area contributed by atoms with Crippen molar-refractivity contribution in [2.75, 3.05) is 31.1 Å². The summed E-state index contributed by atoms with van der Waals surface area (Å²) in [4.78, 5) is 25.2. The molecule has 1 amide bonds. The van der Waals surface area contributed by atoms with Crippen LogP contribution in [-0.4, -0.2) is 62.8 Å². The highest BCUT2D eigenvalue weighted by Crippen LogP contribution is 2.25. The van der Waals surface area contributed by atoms with Gasteiger partial charge in [0.25, 0.3) is 11.8 Å². The van der Waals surface area contributed by atoms with Gasteiger partial charge in [0.2, 0.25) is 5.95 Å². The van der Waals surface area contributed by atoms with Crippen molar-refractivity contribution in [3.8, 4) is 11.6 Å². The molecule has 4 rings (SSSR count). The first-order valence-corrected chi connectivity index (χ1v) is 9.77. The zero-order valence-corrected chi connectivity index (χ0v) is 16.7. The third kappa shape index (κ3) is 4.32.